The van der Waals surface area contributed by atoms with Crippen LogP contribution in [0.25, 0.3) is 6.08 Å². The first kappa shape index (κ1) is 26.4. The maximum atomic E-state index is 10.7. The lowest BCUT2D eigenvalue weighted by Crippen LogP contribution is -2.35. The highest BCUT2D eigenvalue weighted by Gasteiger charge is 2.16. The third-order valence-electron chi connectivity index (χ3n) is 6.16. The molecule has 1 heterocycles. The minimum absolute atomic E-state index is 0.0687. The molecule has 8 heteroatoms. The number of morpholine rings is 1. The van der Waals surface area contributed by atoms with Crippen LogP contribution in [0.3, 0.4) is 0 Å². The maximum Gasteiger partial charge on any atom is 0.165 e. The molecule has 8 nitrogen and oxygen atoms in total. The Hall–Kier alpha value is -3.25. The molecule has 2 aromatic rings. The molecule has 1 N–H and O–H groups in total. The molecule has 0 spiro atoms. The van der Waals surface area contributed by atoms with E-state index in [-0.39, 0.29) is 5.75 Å². The van der Waals surface area contributed by atoms with Crippen molar-refractivity contribution in [2.45, 2.75) is 19.0 Å². The standard InChI is InChI=1S/C27H35N3O5/c1-29(10-9-20-5-8-24(32-2)25(16-20)33-3)23(18-28)7-6-22-15-21(17-26(34-4)27(22)31)19-30-11-13-35-14-12-30/h5-8,15-17,23,31H,9-14,19H2,1-4H3. The van der Waals surface area contributed by atoms with Gasteiger partial charge in [0.15, 0.2) is 23.0 Å². The number of hydrogen-bond acceptors (Lipinski definition) is 8. The normalized spacial score (nSPS) is 15.2. The van der Waals surface area contributed by atoms with E-state index in [1.54, 1.807) is 27.4 Å². The summed E-state index contributed by atoms with van der Waals surface area (Å²) in [6.45, 7) is 4.60. The number of likely N-dealkylation sites (N-methyl/N-ethyl adjacent to an activating group) is 1. The van der Waals surface area contributed by atoms with Gasteiger partial charge in [-0.2, -0.15) is 5.26 Å². The lowest BCUT2D eigenvalue weighted by atomic mass is 10.1. The van der Waals surface area contributed by atoms with Gasteiger partial charge in [0.2, 0.25) is 0 Å². The summed E-state index contributed by atoms with van der Waals surface area (Å²) in [5.74, 6) is 1.86. The largest absolute Gasteiger partial charge is 0.504 e. The van der Waals surface area contributed by atoms with Crippen LogP contribution in [0, 0.1) is 11.3 Å². The van der Waals surface area contributed by atoms with Crippen molar-refractivity contribution in [1.29, 1.82) is 5.26 Å². The van der Waals surface area contributed by atoms with Crippen molar-refractivity contribution < 1.29 is 24.1 Å². The summed E-state index contributed by atoms with van der Waals surface area (Å²) in [6, 6.07) is 11.5. The summed E-state index contributed by atoms with van der Waals surface area (Å²) in [4.78, 5) is 4.28. The van der Waals surface area contributed by atoms with Crippen molar-refractivity contribution in [1.82, 2.24) is 9.80 Å². The van der Waals surface area contributed by atoms with E-state index in [1.807, 2.05) is 48.4 Å². The monoisotopic (exact) mass is 481 g/mol. The smallest absolute Gasteiger partial charge is 0.165 e. The van der Waals surface area contributed by atoms with Crippen molar-refractivity contribution in [3.63, 3.8) is 0 Å². The van der Waals surface area contributed by atoms with Crippen LogP contribution in [0.4, 0.5) is 0 Å². The molecular formula is C27H35N3O5. The van der Waals surface area contributed by atoms with Gasteiger partial charge in [-0.25, -0.2) is 0 Å². The fourth-order valence-electron chi connectivity index (χ4n) is 4.04. The molecule has 1 atom stereocenters. The number of aromatic hydroxyl groups is 1. The van der Waals surface area contributed by atoms with Crippen molar-refractivity contribution in [2.24, 2.45) is 0 Å². The van der Waals surface area contributed by atoms with Gasteiger partial charge in [0.25, 0.3) is 0 Å². The van der Waals surface area contributed by atoms with E-state index < -0.39 is 6.04 Å². The average molecular weight is 482 g/mol. The van der Waals surface area contributed by atoms with Crippen LogP contribution in [0.5, 0.6) is 23.0 Å². The van der Waals surface area contributed by atoms with Gasteiger partial charge in [0.05, 0.1) is 40.6 Å². The van der Waals surface area contributed by atoms with Crippen molar-refractivity contribution >= 4 is 6.08 Å². The fraction of sp³-hybridized carbons (Fsp3) is 0.444. The Morgan fingerprint density at radius 1 is 1.06 bits per heavy atom. The molecule has 0 bridgehead atoms. The molecule has 3 rings (SSSR count). The quantitative estimate of drug-likeness (QED) is 0.523. The molecule has 2 aromatic carbocycles. The zero-order valence-electron chi connectivity index (χ0n) is 21.0. The molecule has 0 radical (unpaired) electrons. The van der Waals surface area contributed by atoms with Crippen molar-refractivity contribution in [3.05, 3.63) is 53.1 Å². The molecule has 0 aromatic heterocycles. The second-order valence-corrected chi connectivity index (χ2v) is 8.48. The molecule has 1 aliphatic rings. The SMILES string of the molecule is COc1ccc(CCN(C)C(C#N)C=Cc2cc(CN3CCOCC3)cc(OC)c2O)cc1OC. The van der Waals surface area contributed by atoms with Gasteiger partial charge in [-0.15, -0.1) is 0 Å². The van der Waals surface area contributed by atoms with E-state index >= 15 is 0 Å². The van der Waals surface area contributed by atoms with Crippen molar-refractivity contribution in [3.8, 4) is 29.1 Å². The first-order valence-electron chi connectivity index (χ1n) is 11.7. The van der Waals surface area contributed by atoms with Crippen LogP contribution in [-0.2, 0) is 17.7 Å². The molecule has 1 unspecified atom stereocenters. The fourth-order valence-corrected chi connectivity index (χ4v) is 4.04. The predicted molar refractivity (Wildman–Crippen MR) is 135 cm³/mol. The molecule has 35 heavy (non-hydrogen) atoms. The summed E-state index contributed by atoms with van der Waals surface area (Å²) in [6.07, 6.45) is 4.35. The second kappa shape index (κ2) is 13.0. The summed E-state index contributed by atoms with van der Waals surface area (Å²) >= 11 is 0. The molecule has 188 valence electrons. The first-order valence-corrected chi connectivity index (χ1v) is 11.7. The number of ether oxygens (including phenoxy) is 4. The Morgan fingerprint density at radius 2 is 1.74 bits per heavy atom. The molecule has 1 fully saturated rings. The highest BCUT2D eigenvalue weighted by atomic mass is 16.5. The van der Waals surface area contributed by atoms with Gasteiger partial charge < -0.3 is 24.1 Å². The minimum Gasteiger partial charge on any atom is -0.504 e. The summed E-state index contributed by atoms with van der Waals surface area (Å²) < 4.78 is 21.5. The van der Waals surface area contributed by atoms with Crippen LogP contribution in [0.2, 0.25) is 0 Å². The Kier molecular flexibility index (Phi) is 9.79. The maximum absolute atomic E-state index is 10.7. The predicted octanol–water partition coefficient (Wildman–Crippen LogP) is 3.33. The number of benzene rings is 2. The highest BCUT2D eigenvalue weighted by Crippen LogP contribution is 2.33. The van der Waals surface area contributed by atoms with Gasteiger partial charge in [0, 0.05) is 31.7 Å². The summed E-state index contributed by atoms with van der Waals surface area (Å²) in [5.41, 5.74) is 2.76. The Balaban J connectivity index is 1.69. The van der Waals surface area contributed by atoms with Gasteiger partial charge in [0.1, 0.15) is 6.04 Å². The van der Waals surface area contributed by atoms with E-state index in [4.69, 9.17) is 18.9 Å². The highest BCUT2D eigenvalue weighted by molar-refractivity contribution is 5.63. The number of phenolic OH excluding ortho intramolecular Hbond substituents is 1. The first-order chi connectivity index (χ1) is 17.0. The zero-order valence-corrected chi connectivity index (χ0v) is 21.0. The van der Waals surface area contributed by atoms with E-state index in [9.17, 15) is 10.4 Å². The van der Waals surface area contributed by atoms with Gasteiger partial charge in [-0.05, 0) is 48.9 Å². The van der Waals surface area contributed by atoms with E-state index in [2.05, 4.69) is 11.0 Å². The lowest BCUT2D eigenvalue weighted by molar-refractivity contribution is 0.0341. The van der Waals surface area contributed by atoms with E-state index in [0.717, 1.165) is 50.4 Å². The van der Waals surface area contributed by atoms with E-state index in [0.29, 0.717) is 29.4 Å². The number of hydrogen-bond donors (Lipinski definition) is 1. The van der Waals surface area contributed by atoms with Gasteiger partial charge >= 0.3 is 0 Å². The third-order valence-corrected chi connectivity index (χ3v) is 6.16. The number of methoxy groups -OCH3 is 3. The lowest BCUT2D eigenvalue weighted by Gasteiger charge is -2.27. The Labute approximate surface area is 207 Å². The number of nitriles is 1. The van der Waals surface area contributed by atoms with Gasteiger partial charge in [-0.1, -0.05) is 18.2 Å². The van der Waals surface area contributed by atoms with Crippen LogP contribution < -0.4 is 14.2 Å². The molecule has 0 aliphatic carbocycles. The number of nitrogens with zero attached hydrogens (tertiary/aromatic N) is 3. The Bertz CT molecular complexity index is 1040. The number of phenols is 1. The minimum atomic E-state index is -0.455. The zero-order chi connectivity index (χ0) is 25.2. The topological polar surface area (TPSA) is 87.4 Å². The number of rotatable bonds is 11. The third kappa shape index (κ3) is 7.12. The summed E-state index contributed by atoms with van der Waals surface area (Å²) in [5, 5.41) is 20.4. The molecule has 1 aliphatic heterocycles. The van der Waals surface area contributed by atoms with E-state index in [1.165, 1.54) is 0 Å². The van der Waals surface area contributed by atoms with Crippen molar-refractivity contribution in [2.75, 3.05) is 61.2 Å². The van der Waals surface area contributed by atoms with Crippen LogP contribution in [-0.4, -0.2) is 82.2 Å². The van der Waals surface area contributed by atoms with Crippen LogP contribution >= 0.6 is 0 Å². The second-order valence-electron chi connectivity index (χ2n) is 8.48. The molecule has 0 saturated carbocycles. The van der Waals surface area contributed by atoms with Gasteiger partial charge in [-0.3, -0.25) is 9.80 Å². The van der Waals surface area contributed by atoms with Crippen LogP contribution in [0.15, 0.2) is 36.4 Å². The molecule has 0 amide bonds. The van der Waals surface area contributed by atoms with Crippen LogP contribution in [0.1, 0.15) is 16.7 Å². The average Bonchev–Trinajstić information content (AvgIpc) is 2.89. The Morgan fingerprint density at radius 3 is 2.40 bits per heavy atom. The molecular weight excluding hydrogens is 446 g/mol. The summed E-state index contributed by atoms with van der Waals surface area (Å²) in [7, 11) is 6.68. The molecule has 1 saturated heterocycles.